The van der Waals surface area contributed by atoms with Crippen molar-refractivity contribution in [1.29, 1.82) is 0 Å². The van der Waals surface area contributed by atoms with Gasteiger partial charge in [-0.05, 0) is 43.7 Å². The first-order valence-corrected chi connectivity index (χ1v) is 11.2. The molecule has 7 nitrogen and oxygen atoms in total. The minimum absolute atomic E-state index is 0.0671. The number of ether oxygens (including phenoxy) is 2. The Labute approximate surface area is 183 Å². The van der Waals surface area contributed by atoms with Crippen molar-refractivity contribution in [1.82, 2.24) is 9.55 Å². The van der Waals surface area contributed by atoms with Crippen LogP contribution < -0.4 is 5.56 Å². The minimum atomic E-state index is -0.494. The van der Waals surface area contributed by atoms with Crippen molar-refractivity contribution in [3.05, 3.63) is 63.0 Å². The van der Waals surface area contributed by atoms with Crippen LogP contribution in [0.2, 0.25) is 0 Å². The summed E-state index contributed by atoms with van der Waals surface area (Å²) >= 11 is 1.12. The summed E-state index contributed by atoms with van der Waals surface area (Å²) in [5.74, 6) is -0.933. The SMILES string of the molecule is Cc1c(C(=O)OCc2ccccc2)sc2ncn(CC(=O)OC3CCCCC3)c(=O)c12. The average molecular weight is 441 g/mol. The summed E-state index contributed by atoms with van der Waals surface area (Å²) in [4.78, 5) is 42.9. The summed E-state index contributed by atoms with van der Waals surface area (Å²) in [6, 6.07) is 9.39. The Balaban J connectivity index is 1.49. The van der Waals surface area contributed by atoms with E-state index in [9.17, 15) is 14.4 Å². The molecule has 0 N–H and O–H groups in total. The molecule has 0 saturated heterocycles. The molecule has 8 heteroatoms. The molecule has 2 heterocycles. The first-order valence-electron chi connectivity index (χ1n) is 10.4. The minimum Gasteiger partial charge on any atom is -0.461 e. The first kappa shape index (κ1) is 21.2. The Morgan fingerprint density at radius 3 is 2.65 bits per heavy atom. The Morgan fingerprint density at radius 1 is 1.16 bits per heavy atom. The van der Waals surface area contributed by atoms with E-state index in [1.807, 2.05) is 30.3 Å². The predicted octanol–water partition coefficient (Wildman–Crippen LogP) is 4.00. The molecule has 1 fully saturated rings. The van der Waals surface area contributed by atoms with Crippen molar-refractivity contribution < 1.29 is 19.1 Å². The Kier molecular flexibility index (Phi) is 6.46. The topological polar surface area (TPSA) is 87.5 Å². The van der Waals surface area contributed by atoms with Gasteiger partial charge < -0.3 is 9.47 Å². The summed E-state index contributed by atoms with van der Waals surface area (Å²) in [6.45, 7) is 1.66. The zero-order valence-electron chi connectivity index (χ0n) is 17.3. The molecule has 4 rings (SSSR count). The number of thiophene rings is 1. The van der Waals surface area contributed by atoms with Crippen LogP contribution in [-0.4, -0.2) is 27.6 Å². The molecule has 1 saturated carbocycles. The third-order valence-electron chi connectivity index (χ3n) is 5.47. The van der Waals surface area contributed by atoms with Gasteiger partial charge >= 0.3 is 11.9 Å². The van der Waals surface area contributed by atoms with Gasteiger partial charge in [0.1, 0.15) is 29.0 Å². The number of nitrogens with zero attached hydrogens (tertiary/aromatic N) is 2. The van der Waals surface area contributed by atoms with Crippen molar-refractivity contribution in [2.45, 2.75) is 58.3 Å². The molecule has 1 aromatic carbocycles. The lowest BCUT2D eigenvalue weighted by Gasteiger charge is -2.21. The van der Waals surface area contributed by atoms with Crippen molar-refractivity contribution in [3.8, 4) is 0 Å². The number of rotatable bonds is 6. The van der Waals surface area contributed by atoms with Gasteiger partial charge in [-0.2, -0.15) is 0 Å². The van der Waals surface area contributed by atoms with Crippen molar-refractivity contribution in [2.24, 2.45) is 0 Å². The lowest BCUT2D eigenvalue weighted by Crippen LogP contribution is -2.29. The fraction of sp³-hybridized carbons (Fsp3) is 0.391. The van der Waals surface area contributed by atoms with Crippen LogP contribution >= 0.6 is 11.3 Å². The summed E-state index contributed by atoms with van der Waals surface area (Å²) in [5, 5.41) is 0.338. The standard InChI is InChI=1S/C23H24N2O5S/c1-15-19-21(31-20(15)23(28)29-13-16-8-4-2-5-9-16)24-14-25(22(19)27)12-18(26)30-17-10-6-3-7-11-17/h2,4-5,8-9,14,17H,3,6-7,10-13H2,1H3. The smallest absolute Gasteiger partial charge is 0.349 e. The fourth-order valence-corrected chi connectivity index (χ4v) is 4.83. The van der Waals surface area contributed by atoms with Crippen LogP contribution in [-0.2, 0) is 27.4 Å². The van der Waals surface area contributed by atoms with E-state index in [1.54, 1.807) is 6.92 Å². The van der Waals surface area contributed by atoms with Crippen LogP contribution in [0.5, 0.6) is 0 Å². The molecule has 0 bridgehead atoms. The number of aromatic nitrogens is 2. The Morgan fingerprint density at radius 2 is 1.90 bits per heavy atom. The Bertz CT molecular complexity index is 1150. The van der Waals surface area contributed by atoms with E-state index in [1.165, 1.54) is 17.3 Å². The maximum atomic E-state index is 13.0. The van der Waals surface area contributed by atoms with E-state index in [0.717, 1.165) is 42.6 Å². The van der Waals surface area contributed by atoms with Gasteiger partial charge in [-0.15, -0.1) is 11.3 Å². The van der Waals surface area contributed by atoms with Gasteiger partial charge in [-0.25, -0.2) is 9.78 Å². The quantitative estimate of drug-likeness (QED) is 0.539. The molecule has 31 heavy (non-hydrogen) atoms. The van der Waals surface area contributed by atoms with Gasteiger partial charge in [0.25, 0.3) is 5.56 Å². The van der Waals surface area contributed by atoms with Gasteiger partial charge in [-0.3, -0.25) is 14.2 Å². The molecule has 0 amide bonds. The number of benzene rings is 1. The van der Waals surface area contributed by atoms with E-state index in [0.29, 0.717) is 20.7 Å². The summed E-state index contributed by atoms with van der Waals surface area (Å²) < 4.78 is 12.2. The highest BCUT2D eigenvalue weighted by Crippen LogP contribution is 2.28. The van der Waals surface area contributed by atoms with Crippen LogP contribution in [0.4, 0.5) is 0 Å². The Hall–Kier alpha value is -3.00. The van der Waals surface area contributed by atoms with E-state index < -0.39 is 11.9 Å². The van der Waals surface area contributed by atoms with E-state index >= 15 is 0 Å². The molecular weight excluding hydrogens is 416 g/mol. The van der Waals surface area contributed by atoms with E-state index in [-0.39, 0.29) is 24.8 Å². The number of fused-ring (bicyclic) bond motifs is 1. The van der Waals surface area contributed by atoms with Crippen LogP contribution in [0.3, 0.4) is 0 Å². The largest absolute Gasteiger partial charge is 0.461 e. The molecule has 0 spiro atoms. The maximum absolute atomic E-state index is 13.0. The molecule has 3 aromatic rings. The molecule has 0 atom stereocenters. The highest BCUT2D eigenvalue weighted by atomic mass is 32.1. The van der Waals surface area contributed by atoms with Crippen LogP contribution in [0.25, 0.3) is 10.2 Å². The number of esters is 2. The van der Waals surface area contributed by atoms with Crippen LogP contribution in [0.1, 0.15) is 52.9 Å². The second-order valence-electron chi connectivity index (χ2n) is 7.73. The van der Waals surface area contributed by atoms with Gasteiger partial charge in [-0.1, -0.05) is 36.8 Å². The number of hydrogen-bond donors (Lipinski definition) is 0. The summed E-state index contributed by atoms with van der Waals surface area (Å²) in [5.41, 5.74) is 1.04. The lowest BCUT2D eigenvalue weighted by molar-refractivity contribution is -0.151. The van der Waals surface area contributed by atoms with Gasteiger partial charge in [0.05, 0.1) is 11.7 Å². The summed E-state index contributed by atoms with van der Waals surface area (Å²) in [6.07, 6.45) is 6.29. The second-order valence-corrected chi connectivity index (χ2v) is 8.72. The van der Waals surface area contributed by atoms with Gasteiger partial charge in [0, 0.05) is 0 Å². The molecule has 1 aliphatic rings. The number of hydrogen-bond acceptors (Lipinski definition) is 7. The second kappa shape index (κ2) is 9.43. The van der Waals surface area contributed by atoms with Crippen LogP contribution in [0.15, 0.2) is 41.5 Å². The lowest BCUT2D eigenvalue weighted by atomic mass is 9.98. The van der Waals surface area contributed by atoms with Crippen molar-refractivity contribution >= 4 is 33.5 Å². The van der Waals surface area contributed by atoms with E-state index in [4.69, 9.17) is 9.47 Å². The number of aryl methyl sites for hydroxylation is 1. The molecule has 0 unspecified atom stereocenters. The maximum Gasteiger partial charge on any atom is 0.349 e. The average Bonchev–Trinajstić information content (AvgIpc) is 3.12. The summed E-state index contributed by atoms with van der Waals surface area (Å²) in [7, 11) is 0. The monoisotopic (exact) mass is 440 g/mol. The van der Waals surface area contributed by atoms with Crippen molar-refractivity contribution in [3.63, 3.8) is 0 Å². The van der Waals surface area contributed by atoms with Crippen LogP contribution in [0, 0.1) is 6.92 Å². The molecule has 1 aliphatic carbocycles. The third-order valence-corrected chi connectivity index (χ3v) is 6.65. The zero-order valence-corrected chi connectivity index (χ0v) is 18.2. The predicted molar refractivity (Wildman–Crippen MR) is 117 cm³/mol. The number of carbonyl (C=O) groups excluding carboxylic acids is 2. The van der Waals surface area contributed by atoms with Gasteiger partial charge in [0.15, 0.2) is 0 Å². The highest BCUT2D eigenvalue weighted by molar-refractivity contribution is 7.20. The third kappa shape index (κ3) is 4.85. The molecule has 0 aliphatic heterocycles. The number of carbonyl (C=O) groups is 2. The van der Waals surface area contributed by atoms with E-state index in [2.05, 4.69) is 4.98 Å². The first-order chi connectivity index (χ1) is 15.0. The zero-order chi connectivity index (χ0) is 21.8. The molecule has 0 radical (unpaired) electrons. The highest BCUT2D eigenvalue weighted by Gasteiger charge is 2.22. The van der Waals surface area contributed by atoms with Gasteiger partial charge in [0.2, 0.25) is 0 Å². The fourth-order valence-electron chi connectivity index (χ4n) is 3.80. The molecular formula is C23H24N2O5S. The normalized spacial score (nSPS) is 14.5. The molecule has 2 aromatic heterocycles. The van der Waals surface area contributed by atoms with Crippen molar-refractivity contribution in [2.75, 3.05) is 0 Å². The molecule has 162 valence electrons.